The lowest BCUT2D eigenvalue weighted by Gasteiger charge is -2.05. The van der Waals surface area contributed by atoms with Crippen LogP contribution >= 0.6 is 11.8 Å². The first kappa shape index (κ1) is 9.99. The third kappa shape index (κ3) is 2.49. The molecule has 0 aliphatic carbocycles. The fraction of sp³-hybridized carbons (Fsp3) is 0.545. The maximum absolute atomic E-state index is 5.33. The molecule has 1 fully saturated rings. The number of rotatable bonds is 3. The van der Waals surface area contributed by atoms with E-state index in [0.717, 1.165) is 23.1 Å². The smallest absolute Gasteiger partial charge is 0.0982 e. The Bertz CT molecular complexity index is 327. The van der Waals surface area contributed by atoms with Crippen LogP contribution < -0.4 is 0 Å². The lowest BCUT2D eigenvalue weighted by Crippen LogP contribution is -2.07. The highest BCUT2D eigenvalue weighted by Gasteiger charge is 2.39. The van der Waals surface area contributed by atoms with Crippen LogP contribution in [0.15, 0.2) is 17.2 Å². The average Bonchev–Trinajstić information content (AvgIpc) is 2.80. The van der Waals surface area contributed by atoms with E-state index >= 15 is 0 Å². The van der Waals surface area contributed by atoms with Crippen LogP contribution in [0, 0.1) is 13.8 Å². The molecule has 14 heavy (non-hydrogen) atoms. The van der Waals surface area contributed by atoms with E-state index in [9.17, 15) is 0 Å². The van der Waals surface area contributed by atoms with Gasteiger partial charge in [0.05, 0.1) is 17.2 Å². The third-order valence-electron chi connectivity index (χ3n) is 2.24. The molecule has 1 aliphatic heterocycles. The number of aromatic nitrogens is 1. The molecule has 0 amide bonds. The van der Waals surface area contributed by atoms with Gasteiger partial charge in [0.15, 0.2) is 0 Å². The number of nitrogens with zero attached hydrogens (tertiary/aromatic N) is 1. The molecule has 76 valence electrons. The van der Waals surface area contributed by atoms with Crippen LogP contribution in [0.5, 0.6) is 0 Å². The van der Waals surface area contributed by atoms with Crippen LogP contribution in [0.4, 0.5) is 0 Å². The van der Waals surface area contributed by atoms with Gasteiger partial charge in [-0.15, -0.1) is 11.8 Å². The van der Waals surface area contributed by atoms with Crippen LogP contribution in [0.25, 0.3) is 0 Å². The lowest BCUT2D eigenvalue weighted by atomic mass is 10.2. The number of thioether (sulfide) groups is 1. The maximum atomic E-state index is 5.33. The van der Waals surface area contributed by atoms with Crippen molar-refractivity contribution in [1.29, 1.82) is 0 Å². The van der Waals surface area contributed by atoms with Crippen molar-refractivity contribution in [3.05, 3.63) is 23.4 Å². The summed E-state index contributed by atoms with van der Waals surface area (Å²) in [4.78, 5) is 4.47. The van der Waals surface area contributed by atoms with Crippen molar-refractivity contribution in [2.75, 3.05) is 12.4 Å². The molecule has 1 saturated heterocycles. The molecule has 0 bridgehead atoms. The molecule has 0 N–H and O–H groups in total. The minimum absolute atomic E-state index is 0.115. The quantitative estimate of drug-likeness (QED) is 0.565. The maximum Gasteiger partial charge on any atom is 0.0982 e. The zero-order chi connectivity index (χ0) is 10.2. The van der Waals surface area contributed by atoms with Crippen molar-refractivity contribution in [3.8, 4) is 0 Å². The zero-order valence-corrected chi connectivity index (χ0v) is 9.65. The third-order valence-corrected chi connectivity index (χ3v) is 3.50. The summed E-state index contributed by atoms with van der Waals surface area (Å²) < 4.78 is 5.33. The van der Waals surface area contributed by atoms with Crippen LogP contribution in [-0.2, 0) is 4.74 Å². The first-order valence-electron chi connectivity index (χ1n) is 4.79. The van der Waals surface area contributed by atoms with Gasteiger partial charge >= 0.3 is 0 Å². The van der Waals surface area contributed by atoms with Gasteiger partial charge in [0.2, 0.25) is 0 Å². The Morgan fingerprint density at radius 1 is 1.50 bits per heavy atom. The number of epoxide rings is 1. The largest absolute Gasteiger partial charge is 0.369 e. The van der Waals surface area contributed by atoms with E-state index in [1.807, 2.05) is 6.92 Å². The standard InChI is InChI=1S/C11H15NOS/c1-8-4-9(2)12-10(5-8)14-7-11(3)6-13-11/h4-5H,6-7H2,1-3H3. The van der Waals surface area contributed by atoms with E-state index in [1.165, 1.54) is 5.56 Å². The Hall–Kier alpha value is -0.540. The van der Waals surface area contributed by atoms with Gasteiger partial charge in [0, 0.05) is 11.4 Å². The second-order valence-corrected chi connectivity index (χ2v) is 5.15. The lowest BCUT2D eigenvalue weighted by molar-refractivity contribution is 0.348. The monoisotopic (exact) mass is 209 g/mol. The predicted octanol–water partition coefficient (Wildman–Crippen LogP) is 2.58. The van der Waals surface area contributed by atoms with Gasteiger partial charge < -0.3 is 4.74 Å². The molecule has 2 heterocycles. The first-order chi connectivity index (χ1) is 6.57. The Morgan fingerprint density at radius 3 is 2.79 bits per heavy atom. The molecule has 1 atom stereocenters. The molecule has 3 heteroatoms. The van der Waals surface area contributed by atoms with Gasteiger partial charge in [-0.05, 0) is 38.5 Å². The summed E-state index contributed by atoms with van der Waals surface area (Å²) in [7, 11) is 0. The molecule has 0 aromatic carbocycles. The number of hydrogen-bond acceptors (Lipinski definition) is 3. The fourth-order valence-corrected chi connectivity index (χ4v) is 2.41. The minimum atomic E-state index is 0.115. The van der Waals surface area contributed by atoms with Crippen molar-refractivity contribution in [3.63, 3.8) is 0 Å². The summed E-state index contributed by atoms with van der Waals surface area (Å²) in [6.07, 6.45) is 0. The molecule has 1 aromatic rings. The van der Waals surface area contributed by atoms with Crippen molar-refractivity contribution in [2.24, 2.45) is 0 Å². The number of ether oxygens (including phenoxy) is 1. The highest BCUT2D eigenvalue weighted by Crippen LogP contribution is 2.32. The molecular weight excluding hydrogens is 194 g/mol. The van der Waals surface area contributed by atoms with Gasteiger partial charge in [-0.2, -0.15) is 0 Å². The number of hydrogen-bond donors (Lipinski definition) is 0. The van der Waals surface area contributed by atoms with Gasteiger partial charge in [-0.1, -0.05) is 0 Å². The van der Waals surface area contributed by atoms with Crippen LogP contribution in [0.2, 0.25) is 0 Å². The van der Waals surface area contributed by atoms with Crippen molar-refractivity contribution in [2.45, 2.75) is 31.4 Å². The van der Waals surface area contributed by atoms with Crippen LogP contribution in [-0.4, -0.2) is 22.9 Å². The minimum Gasteiger partial charge on any atom is -0.369 e. The van der Waals surface area contributed by atoms with Crippen LogP contribution in [0.1, 0.15) is 18.2 Å². The van der Waals surface area contributed by atoms with Gasteiger partial charge in [0.1, 0.15) is 0 Å². The molecule has 2 nitrogen and oxygen atoms in total. The van der Waals surface area contributed by atoms with Crippen LogP contribution in [0.3, 0.4) is 0 Å². The molecule has 1 aromatic heterocycles. The first-order valence-corrected chi connectivity index (χ1v) is 5.78. The molecular formula is C11H15NOS. The summed E-state index contributed by atoms with van der Waals surface area (Å²) >= 11 is 1.78. The highest BCUT2D eigenvalue weighted by atomic mass is 32.2. The van der Waals surface area contributed by atoms with E-state index in [2.05, 4.69) is 31.0 Å². The van der Waals surface area contributed by atoms with E-state index in [-0.39, 0.29) is 5.60 Å². The van der Waals surface area contributed by atoms with E-state index in [4.69, 9.17) is 4.74 Å². The van der Waals surface area contributed by atoms with Gasteiger partial charge in [0.25, 0.3) is 0 Å². The summed E-state index contributed by atoms with van der Waals surface area (Å²) in [6.45, 7) is 7.17. The van der Waals surface area contributed by atoms with Crippen molar-refractivity contribution >= 4 is 11.8 Å². The van der Waals surface area contributed by atoms with E-state index < -0.39 is 0 Å². The van der Waals surface area contributed by atoms with Gasteiger partial charge in [-0.3, -0.25) is 0 Å². The Balaban J connectivity index is 2.01. The number of aryl methyl sites for hydroxylation is 2. The molecule has 1 unspecified atom stereocenters. The molecule has 0 spiro atoms. The Morgan fingerprint density at radius 2 is 2.21 bits per heavy atom. The van der Waals surface area contributed by atoms with Crippen molar-refractivity contribution < 1.29 is 4.74 Å². The Labute approximate surface area is 89.1 Å². The van der Waals surface area contributed by atoms with E-state index in [1.54, 1.807) is 11.8 Å². The summed E-state index contributed by atoms with van der Waals surface area (Å²) in [5.41, 5.74) is 2.49. The highest BCUT2D eigenvalue weighted by molar-refractivity contribution is 7.99. The second-order valence-electron chi connectivity index (χ2n) is 4.15. The fourth-order valence-electron chi connectivity index (χ4n) is 1.31. The molecule has 2 rings (SSSR count). The molecule has 1 aliphatic rings. The Kier molecular flexibility index (Phi) is 2.54. The normalized spacial score (nSPS) is 25.1. The SMILES string of the molecule is Cc1cc(C)nc(SCC2(C)CO2)c1. The average molecular weight is 209 g/mol. The second kappa shape index (κ2) is 3.55. The van der Waals surface area contributed by atoms with E-state index in [0.29, 0.717) is 0 Å². The summed E-state index contributed by atoms with van der Waals surface area (Å²) in [5.74, 6) is 1.00. The zero-order valence-electron chi connectivity index (χ0n) is 8.83. The molecule has 0 radical (unpaired) electrons. The molecule has 0 saturated carbocycles. The summed E-state index contributed by atoms with van der Waals surface area (Å²) in [6, 6.07) is 4.23. The van der Waals surface area contributed by atoms with Gasteiger partial charge in [-0.25, -0.2) is 4.98 Å². The predicted molar refractivity (Wildman–Crippen MR) is 58.8 cm³/mol. The number of pyridine rings is 1. The summed E-state index contributed by atoms with van der Waals surface area (Å²) in [5, 5.41) is 1.11. The van der Waals surface area contributed by atoms with Crippen molar-refractivity contribution in [1.82, 2.24) is 4.98 Å². The topological polar surface area (TPSA) is 25.4 Å².